The average molecular weight is 260 g/mol. The molecule has 1 aromatic heterocycles. The monoisotopic (exact) mass is 260 g/mol. The Morgan fingerprint density at radius 3 is 2.47 bits per heavy atom. The summed E-state index contributed by atoms with van der Waals surface area (Å²) < 4.78 is 31.5. The Labute approximate surface area is 103 Å². The molecule has 0 saturated carbocycles. The summed E-state index contributed by atoms with van der Waals surface area (Å²) in [7, 11) is 1.33. The maximum atomic E-state index is 11.9. The SMILES string of the molecule is C[C@@H](CCc1ccco1)N(C)S(=O)(=O)N(C)C. The molecule has 5 nitrogen and oxygen atoms in total. The van der Waals surface area contributed by atoms with Gasteiger partial charge in [0, 0.05) is 33.6 Å². The maximum Gasteiger partial charge on any atom is 0.281 e. The van der Waals surface area contributed by atoms with Crippen molar-refractivity contribution in [3.8, 4) is 0 Å². The van der Waals surface area contributed by atoms with Gasteiger partial charge in [0.05, 0.1) is 6.26 Å². The van der Waals surface area contributed by atoms with Crippen LogP contribution in [0.4, 0.5) is 0 Å². The first-order valence-corrected chi connectivity index (χ1v) is 6.93. The van der Waals surface area contributed by atoms with Gasteiger partial charge in [-0.25, -0.2) is 0 Å². The molecule has 0 amide bonds. The summed E-state index contributed by atoms with van der Waals surface area (Å²) in [5.74, 6) is 0.882. The van der Waals surface area contributed by atoms with E-state index in [1.165, 1.54) is 22.7 Å². The molecule has 1 atom stereocenters. The van der Waals surface area contributed by atoms with Gasteiger partial charge < -0.3 is 4.42 Å². The molecule has 6 heteroatoms. The van der Waals surface area contributed by atoms with Gasteiger partial charge in [0.1, 0.15) is 5.76 Å². The quantitative estimate of drug-likeness (QED) is 0.775. The lowest BCUT2D eigenvalue weighted by atomic mass is 10.1. The molecule has 0 aliphatic heterocycles. The number of rotatable bonds is 6. The van der Waals surface area contributed by atoms with Crippen LogP contribution in [0.25, 0.3) is 0 Å². The van der Waals surface area contributed by atoms with Crippen LogP contribution < -0.4 is 0 Å². The van der Waals surface area contributed by atoms with Gasteiger partial charge >= 0.3 is 0 Å². The lowest BCUT2D eigenvalue weighted by molar-refractivity contribution is 0.338. The van der Waals surface area contributed by atoms with E-state index in [-0.39, 0.29) is 6.04 Å². The summed E-state index contributed by atoms with van der Waals surface area (Å²) in [5.41, 5.74) is 0. The zero-order valence-corrected chi connectivity index (χ0v) is 11.6. The second-order valence-corrected chi connectivity index (χ2v) is 6.48. The van der Waals surface area contributed by atoms with Crippen LogP contribution in [-0.2, 0) is 16.6 Å². The smallest absolute Gasteiger partial charge is 0.281 e. The molecule has 0 saturated heterocycles. The zero-order valence-electron chi connectivity index (χ0n) is 10.8. The molecule has 0 N–H and O–H groups in total. The lowest BCUT2D eigenvalue weighted by Crippen LogP contribution is -2.42. The Morgan fingerprint density at radius 1 is 1.35 bits per heavy atom. The molecule has 0 aromatic carbocycles. The van der Waals surface area contributed by atoms with Gasteiger partial charge in [0.2, 0.25) is 0 Å². The number of nitrogens with zero attached hydrogens (tertiary/aromatic N) is 2. The van der Waals surface area contributed by atoms with Gasteiger partial charge in [0.15, 0.2) is 0 Å². The van der Waals surface area contributed by atoms with Crippen LogP contribution in [0.3, 0.4) is 0 Å². The molecule has 0 spiro atoms. The number of hydrogen-bond acceptors (Lipinski definition) is 3. The maximum absolute atomic E-state index is 11.9. The summed E-state index contributed by atoms with van der Waals surface area (Å²) in [4.78, 5) is 0. The third kappa shape index (κ3) is 3.55. The van der Waals surface area contributed by atoms with Crippen LogP contribution in [0.5, 0.6) is 0 Å². The minimum absolute atomic E-state index is 0.0625. The van der Waals surface area contributed by atoms with Crippen LogP contribution in [0, 0.1) is 0 Å². The Kier molecular flexibility index (Phi) is 4.73. The molecule has 0 aliphatic rings. The first-order chi connectivity index (χ1) is 7.85. The molecule has 0 bridgehead atoms. The number of hydrogen-bond donors (Lipinski definition) is 0. The fourth-order valence-corrected chi connectivity index (χ4v) is 2.55. The van der Waals surface area contributed by atoms with Crippen LogP contribution >= 0.6 is 0 Å². The normalized spacial score (nSPS) is 14.5. The summed E-state index contributed by atoms with van der Waals surface area (Å²) >= 11 is 0. The van der Waals surface area contributed by atoms with Crippen LogP contribution in [0.15, 0.2) is 22.8 Å². The second kappa shape index (κ2) is 5.66. The molecule has 1 heterocycles. The standard InChI is InChI=1S/C11H20N2O3S/c1-10(7-8-11-6-5-9-16-11)13(4)17(14,15)12(2)3/h5-6,9-10H,7-8H2,1-4H3/t10-/m0/s1. The summed E-state index contributed by atoms with van der Waals surface area (Å²) in [5, 5.41) is 0. The van der Waals surface area contributed by atoms with E-state index in [2.05, 4.69) is 0 Å². The number of furan rings is 1. The van der Waals surface area contributed by atoms with E-state index in [1.807, 2.05) is 19.1 Å². The van der Waals surface area contributed by atoms with E-state index in [0.717, 1.165) is 18.6 Å². The van der Waals surface area contributed by atoms with Crippen molar-refractivity contribution in [3.05, 3.63) is 24.2 Å². The van der Waals surface area contributed by atoms with Gasteiger partial charge in [0.25, 0.3) is 10.2 Å². The third-order valence-corrected chi connectivity index (χ3v) is 4.85. The molecule has 0 radical (unpaired) electrons. The Balaban J connectivity index is 2.56. The summed E-state index contributed by atoms with van der Waals surface area (Å²) in [6.07, 6.45) is 3.10. The summed E-state index contributed by atoms with van der Waals surface area (Å²) in [6.45, 7) is 1.89. The Hall–Kier alpha value is -0.850. The van der Waals surface area contributed by atoms with E-state index in [0.29, 0.717) is 0 Å². The first kappa shape index (κ1) is 14.2. The van der Waals surface area contributed by atoms with E-state index in [1.54, 1.807) is 13.3 Å². The van der Waals surface area contributed by atoms with Crippen LogP contribution in [-0.4, -0.2) is 44.2 Å². The summed E-state index contributed by atoms with van der Waals surface area (Å²) in [6, 6.07) is 3.67. The van der Waals surface area contributed by atoms with Crippen molar-refractivity contribution in [1.29, 1.82) is 0 Å². The van der Waals surface area contributed by atoms with Crippen molar-refractivity contribution in [2.75, 3.05) is 21.1 Å². The molecular weight excluding hydrogens is 240 g/mol. The van der Waals surface area contributed by atoms with Gasteiger partial charge in [-0.3, -0.25) is 0 Å². The van der Waals surface area contributed by atoms with Crippen molar-refractivity contribution in [1.82, 2.24) is 8.61 Å². The predicted octanol–water partition coefficient (Wildman–Crippen LogP) is 1.34. The highest BCUT2D eigenvalue weighted by Gasteiger charge is 2.25. The minimum atomic E-state index is -3.33. The zero-order chi connectivity index (χ0) is 13.1. The Morgan fingerprint density at radius 2 is 2.00 bits per heavy atom. The van der Waals surface area contributed by atoms with Crippen molar-refractivity contribution in [3.63, 3.8) is 0 Å². The second-order valence-electron chi connectivity index (χ2n) is 4.27. The number of aryl methyl sites for hydroxylation is 1. The van der Waals surface area contributed by atoms with Gasteiger partial charge in [-0.2, -0.15) is 17.0 Å². The molecule has 98 valence electrons. The highest BCUT2D eigenvalue weighted by molar-refractivity contribution is 7.86. The third-order valence-electron chi connectivity index (χ3n) is 2.83. The Bertz CT molecular complexity index is 426. The van der Waals surface area contributed by atoms with Crippen LogP contribution in [0.1, 0.15) is 19.1 Å². The van der Waals surface area contributed by atoms with Crippen molar-refractivity contribution in [2.24, 2.45) is 0 Å². The molecule has 1 aromatic rings. The molecule has 17 heavy (non-hydrogen) atoms. The largest absolute Gasteiger partial charge is 0.469 e. The van der Waals surface area contributed by atoms with E-state index in [4.69, 9.17) is 4.42 Å². The van der Waals surface area contributed by atoms with Crippen molar-refractivity contribution >= 4 is 10.2 Å². The molecular formula is C11H20N2O3S. The van der Waals surface area contributed by atoms with Crippen molar-refractivity contribution < 1.29 is 12.8 Å². The van der Waals surface area contributed by atoms with E-state index in [9.17, 15) is 8.42 Å². The predicted molar refractivity (Wildman–Crippen MR) is 66.9 cm³/mol. The highest BCUT2D eigenvalue weighted by atomic mass is 32.2. The highest BCUT2D eigenvalue weighted by Crippen LogP contribution is 2.13. The van der Waals surface area contributed by atoms with Gasteiger partial charge in [-0.15, -0.1) is 0 Å². The molecule has 1 rings (SSSR count). The molecule has 0 unspecified atom stereocenters. The van der Waals surface area contributed by atoms with Gasteiger partial charge in [-0.05, 0) is 25.5 Å². The topological polar surface area (TPSA) is 53.8 Å². The van der Waals surface area contributed by atoms with E-state index >= 15 is 0 Å². The van der Waals surface area contributed by atoms with Gasteiger partial charge in [-0.1, -0.05) is 0 Å². The first-order valence-electron chi connectivity index (χ1n) is 5.53. The van der Waals surface area contributed by atoms with Crippen LogP contribution in [0.2, 0.25) is 0 Å². The fourth-order valence-electron chi connectivity index (χ4n) is 1.47. The van der Waals surface area contributed by atoms with Crippen molar-refractivity contribution in [2.45, 2.75) is 25.8 Å². The lowest BCUT2D eigenvalue weighted by Gasteiger charge is -2.26. The fraction of sp³-hybridized carbons (Fsp3) is 0.636. The average Bonchev–Trinajstić information content (AvgIpc) is 2.77. The van der Waals surface area contributed by atoms with E-state index < -0.39 is 10.2 Å². The minimum Gasteiger partial charge on any atom is -0.469 e. The molecule has 0 aliphatic carbocycles. The molecule has 0 fully saturated rings.